The van der Waals surface area contributed by atoms with Gasteiger partial charge < -0.3 is 14.4 Å². The quantitative estimate of drug-likeness (QED) is 0.248. The molecule has 1 atom stereocenters. The molecule has 1 aliphatic heterocycles. The first-order valence-electron chi connectivity index (χ1n) is 15.8. The number of esters is 1. The third-order valence-electron chi connectivity index (χ3n) is 9.00. The number of fused-ring (bicyclic) bond motifs is 1. The number of sulfone groups is 1. The maximum Gasteiger partial charge on any atom is 0.310 e. The van der Waals surface area contributed by atoms with Gasteiger partial charge in [-0.3, -0.25) is 14.2 Å². The molecule has 238 valence electrons. The number of nitrogens with zero attached hydrogens (tertiary/aromatic N) is 3. The number of hydrogen-bond donors (Lipinski definition) is 0. The molecule has 3 aromatic rings. The van der Waals surface area contributed by atoms with Gasteiger partial charge in [-0.15, -0.1) is 0 Å². The number of rotatable bonds is 9. The second-order valence-electron chi connectivity index (χ2n) is 13.1. The Morgan fingerprint density at radius 3 is 2.41 bits per heavy atom. The lowest BCUT2D eigenvalue weighted by molar-refractivity contribution is -0.151. The maximum atomic E-state index is 14.7. The minimum atomic E-state index is -3.50. The molecule has 44 heavy (non-hydrogen) atoms. The van der Waals surface area contributed by atoms with Crippen LogP contribution >= 0.6 is 0 Å². The summed E-state index contributed by atoms with van der Waals surface area (Å²) in [5.41, 5.74) is 2.00. The number of piperidine rings is 1. The molecule has 0 radical (unpaired) electrons. The van der Waals surface area contributed by atoms with Crippen LogP contribution in [0.25, 0.3) is 11.0 Å². The van der Waals surface area contributed by atoms with Gasteiger partial charge in [0, 0.05) is 18.4 Å². The fourth-order valence-corrected chi connectivity index (χ4v) is 7.29. The van der Waals surface area contributed by atoms with Crippen molar-refractivity contribution < 1.29 is 27.5 Å². The molecule has 2 aliphatic rings. The molecular weight excluding hydrogens is 578 g/mol. The summed E-state index contributed by atoms with van der Waals surface area (Å²) >= 11 is 0. The number of likely N-dealkylation sites (tertiary alicyclic amines) is 1. The first-order chi connectivity index (χ1) is 20.8. The van der Waals surface area contributed by atoms with E-state index in [2.05, 4.69) is 6.07 Å². The van der Waals surface area contributed by atoms with Crippen LogP contribution in [0, 0.1) is 5.92 Å². The molecular formula is C34H45N3O6S. The van der Waals surface area contributed by atoms with Crippen molar-refractivity contribution in [2.24, 2.45) is 5.92 Å². The Labute approximate surface area is 260 Å². The van der Waals surface area contributed by atoms with Gasteiger partial charge in [0.1, 0.15) is 11.6 Å². The van der Waals surface area contributed by atoms with Crippen LogP contribution < -0.4 is 4.74 Å². The van der Waals surface area contributed by atoms with Crippen molar-refractivity contribution in [1.82, 2.24) is 14.5 Å². The Morgan fingerprint density at radius 1 is 1.02 bits per heavy atom. The van der Waals surface area contributed by atoms with Gasteiger partial charge in [0.05, 0.1) is 33.5 Å². The zero-order valence-electron chi connectivity index (χ0n) is 26.8. The molecule has 1 saturated heterocycles. The Bertz CT molecular complexity index is 1650. The highest BCUT2D eigenvalue weighted by molar-refractivity contribution is 7.90. The van der Waals surface area contributed by atoms with Gasteiger partial charge in [0.2, 0.25) is 0 Å². The molecule has 2 heterocycles. The number of imidazole rings is 1. The number of ether oxygens (including phenoxy) is 2. The zero-order valence-corrected chi connectivity index (χ0v) is 27.6. The highest BCUT2D eigenvalue weighted by Crippen LogP contribution is 2.42. The fourth-order valence-electron chi connectivity index (χ4n) is 6.65. The highest BCUT2D eigenvalue weighted by atomic mass is 32.2. The minimum Gasteiger partial charge on any atom is -0.491 e. The predicted molar refractivity (Wildman–Crippen MR) is 169 cm³/mol. The Kier molecular flexibility index (Phi) is 9.12. The summed E-state index contributed by atoms with van der Waals surface area (Å²) in [5.74, 6) is 0.787. The van der Waals surface area contributed by atoms with Gasteiger partial charge in [0.15, 0.2) is 16.6 Å². The standard InChI is InChI=1S/C34H45N3O6S/c1-22(2)32(39)42-21-36-30-20-26(44(6,40)41)14-16-29(30)35-33(36)34(5)17-9-10-18-37(34)31(38)28-19-25(43-23(3)4)13-15-27(28)24-11-7-8-12-24/h13-16,19-20,22-24H,7-12,17-18,21H2,1-6H3/t34-/m0/s1. The molecule has 10 heteroatoms. The van der Waals surface area contributed by atoms with Crippen molar-refractivity contribution in [2.45, 2.75) is 109 Å². The van der Waals surface area contributed by atoms with E-state index in [1.54, 1.807) is 36.6 Å². The molecule has 0 unspecified atom stereocenters. The lowest BCUT2D eigenvalue weighted by Crippen LogP contribution is -2.52. The summed E-state index contributed by atoms with van der Waals surface area (Å²) in [6.07, 6.45) is 7.94. The van der Waals surface area contributed by atoms with Crippen molar-refractivity contribution in [3.63, 3.8) is 0 Å². The Hall–Kier alpha value is -3.40. The molecule has 1 saturated carbocycles. The Balaban J connectivity index is 1.64. The molecule has 1 aromatic heterocycles. The number of hydrogen-bond acceptors (Lipinski definition) is 7. The van der Waals surface area contributed by atoms with E-state index in [1.165, 1.54) is 0 Å². The average Bonchev–Trinajstić information content (AvgIpc) is 3.63. The first-order valence-corrected chi connectivity index (χ1v) is 17.7. The van der Waals surface area contributed by atoms with Crippen LogP contribution in [-0.4, -0.2) is 53.6 Å². The highest BCUT2D eigenvalue weighted by Gasteiger charge is 2.44. The van der Waals surface area contributed by atoms with Crippen molar-refractivity contribution in [1.29, 1.82) is 0 Å². The SMILES string of the molecule is CC(C)Oc1ccc(C2CCCC2)c(C(=O)N2CCCC[C@@]2(C)c2nc3ccc(S(C)(=O)=O)cc3n2COC(=O)C(C)C)c1. The van der Waals surface area contributed by atoms with Crippen LogP contribution in [0.15, 0.2) is 41.3 Å². The normalized spacial score (nSPS) is 19.7. The smallest absolute Gasteiger partial charge is 0.310 e. The second kappa shape index (κ2) is 12.5. The van der Waals surface area contributed by atoms with Gasteiger partial charge in [-0.1, -0.05) is 32.8 Å². The van der Waals surface area contributed by atoms with Gasteiger partial charge >= 0.3 is 5.97 Å². The van der Waals surface area contributed by atoms with E-state index < -0.39 is 15.4 Å². The third-order valence-corrected chi connectivity index (χ3v) is 10.1. The van der Waals surface area contributed by atoms with Gasteiger partial charge in [-0.2, -0.15) is 0 Å². The fraction of sp³-hybridized carbons (Fsp3) is 0.559. The largest absolute Gasteiger partial charge is 0.491 e. The summed E-state index contributed by atoms with van der Waals surface area (Å²) in [4.78, 5) is 34.4. The second-order valence-corrected chi connectivity index (χ2v) is 15.1. The number of carbonyl (C=O) groups is 2. The maximum absolute atomic E-state index is 14.7. The Morgan fingerprint density at radius 2 is 1.75 bits per heavy atom. The molecule has 2 fully saturated rings. The van der Waals surface area contributed by atoms with Crippen LogP contribution in [0.3, 0.4) is 0 Å². The third kappa shape index (κ3) is 6.36. The van der Waals surface area contributed by atoms with Crippen molar-refractivity contribution in [3.05, 3.63) is 53.3 Å². The van der Waals surface area contributed by atoms with E-state index in [9.17, 15) is 18.0 Å². The summed E-state index contributed by atoms with van der Waals surface area (Å²) in [6.45, 7) is 9.89. The van der Waals surface area contributed by atoms with Gasteiger partial charge in [0.25, 0.3) is 5.91 Å². The molecule has 0 spiro atoms. The van der Waals surface area contributed by atoms with Crippen LogP contribution in [0.2, 0.25) is 0 Å². The molecule has 1 aliphatic carbocycles. The lowest BCUT2D eigenvalue weighted by atomic mass is 9.85. The summed E-state index contributed by atoms with van der Waals surface area (Å²) in [5, 5.41) is 0. The summed E-state index contributed by atoms with van der Waals surface area (Å²) < 4.78 is 38.4. The van der Waals surface area contributed by atoms with E-state index in [4.69, 9.17) is 14.5 Å². The van der Waals surface area contributed by atoms with Crippen LogP contribution in [-0.2, 0) is 31.6 Å². The van der Waals surface area contributed by atoms with Crippen molar-refractivity contribution >= 4 is 32.7 Å². The molecule has 0 N–H and O–H groups in total. The van der Waals surface area contributed by atoms with Gasteiger partial charge in [-0.25, -0.2) is 13.4 Å². The number of carbonyl (C=O) groups excluding carboxylic acids is 2. The van der Waals surface area contributed by atoms with E-state index in [0.717, 1.165) is 50.3 Å². The molecule has 9 nitrogen and oxygen atoms in total. The van der Waals surface area contributed by atoms with Crippen LogP contribution in [0.1, 0.15) is 107 Å². The summed E-state index contributed by atoms with van der Waals surface area (Å²) in [6, 6.07) is 10.7. The average molecular weight is 624 g/mol. The van der Waals surface area contributed by atoms with E-state index in [1.807, 2.05) is 37.8 Å². The number of benzene rings is 2. The topological polar surface area (TPSA) is 108 Å². The van der Waals surface area contributed by atoms with Gasteiger partial charge in [-0.05, 0) is 94.7 Å². The lowest BCUT2D eigenvalue weighted by Gasteiger charge is -2.45. The van der Waals surface area contributed by atoms with Crippen LogP contribution in [0.4, 0.5) is 0 Å². The molecule has 5 rings (SSSR count). The first kappa shape index (κ1) is 32.0. The van der Waals surface area contributed by atoms with Crippen molar-refractivity contribution in [3.8, 4) is 5.75 Å². The van der Waals surface area contributed by atoms with Crippen molar-refractivity contribution in [2.75, 3.05) is 12.8 Å². The number of aromatic nitrogens is 2. The molecule has 1 amide bonds. The monoisotopic (exact) mass is 623 g/mol. The van der Waals surface area contributed by atoms with E-state index in [0.29, 0.717) is 47.1 Å². The van der Waals surface area contributed by atoms with E-state index in [-0.39, 0.29) is 35.5 Å². The van der Waals surface area contributed by atoms with E-state index >= 15 is 0 Å². The van der Waals surface area contributed by atoms with Crippen LogP contribution in [0.5, 0.6) is 5.75 Å². The molecule has 0 bridgehead atoms. The predicted octanol–water partition coefficient (Wildman–Crippen LogP) is 6.58. The zero-order chi connectivity index (χ0) is 31.8. The molecule has 2 aromatic carbocycles. The number of amides is 1. The minimum absolute atomic E-state index is 0.0270. The summed E-state index contributed by atoms with van der Waals surface area (Å²) in [7, 11) is -3.50.